The van der Waals surface area contributed by atoms with Gasteiger partial charge in [-0.15, -0.1) is 0 Å². The van der Waals surface area contributed by atoms with E-state index in [1.54, 1.807) is 36.9 Å². The van der Waals surface area contributed by atoms with E-state index in [4.69, 9.17) is 5.73 Å². The first kappa shape index (κ1) is 17.0. The zero-order valence-electron chi connectivity index (χ0n) is 14.8. The second-order valence-electron chi connectivity index (χ2n) is 6.39. The molecule has 1 aromatic carbocycles. The number of piperazine rings is 1. The zero-order chi connectivity index (χ0) is 18.6. The summed E-state index contributed by atoms with van der Waals surface area (Å²) in [5, 5.41) is 0. The van der Waals surface area contributed by atoms with Crippen molar-refractivity contribution in [3.05, 3.63) is 78.4 Å². The van der Waals surface area contributed by atoms with Crippen LogP contribution in [-0.2, 0) is 0 Å². The Bertz CT molecular complexity index is 901. The van der Waals surface area contributed by atoms with Crippen LogP contribution in [0.25, 0.3) is 0 Å². The maximum atomic E-state index is 11.4. The summed E-state index contributed by atoms with van der Waals surface area (Å²) in [5.74, 6) is 1.36. The van der Waals surface area contributed by atoms with E-state index in [9.17, 15) is 4.79 Å². The normalized spacial score (nSPS) is 17.0. The third-order valence-corrected chi connectivity index (χ3v) is 4.78. The summed E-state index contributed by atoms with van der Waals surface area (Å²) in [7, 11) is 0. The lowest BCUT2D eigenvalue weighted by Crippen LogP contribution is -2.49. The molecule has 1 unspecified atom stereocenters. The van der Waals surface area contributed by atoms with Gasteiger partial charge in [-0.25, -0.2) is 9.97 Å². The number of hydrogen-bond acceptors (Lipinski definition) is 6. The molecule has 1 atom stereocenters. The van der Waals surface area contributed by atoms with Gasteiger partial charge in [-0.1, -0.05) is 18.2 Å². The van der Waals surface area contributed by atoms with Crippen LogP contribution in [-0.4, -0.2) is 40.5 Å². The SMILES string of the molecule is NC(=O)c1ccc(C2CN(c3ccccn3)CCN2c2cnccn2)cc1. The van der Waals surface area contributed by atoms with Crippen LogP contribution in [0.2, 0.25) is 0 Å². The Morgan fingerprint density at radius 2 is 1.78 bits per heavy atom. The first-order valence-electron chi connectivity index (χ1n) is 8.81. The van der Waals surface area contributed by atoms with Crippen LogP contribution in [0.15, 0.2) is 67.3 Å². The number of benzene rings is 1. The quantitative estimate of drug-likeness (QED) is 0.766. The number of hydrogen-bond donors (Lipinski definition) is 1. The van der Waals surface area contributed by atoms with Crippen molar-refractivity contribution in [2.24, 2.45) is 5.73 Å². The maximum Gasteiger partial charge on any atom is 0.248 e. The molecule has 0 aliphatic carbocycles. The van der Waals surface area contributed by atoms with Gasteiger partial charge in [0.05, 0.1) is 12.2 Å². The van der Waals surface area contributed by atoms with Gasteiger partial charge in [-0.2, -0.15) is 0 Å². The van der Waals surface area contributed by atoms with E-state index in [2.05, 4.69) is 24.8 Å². The molecule has 0 spiro atoms. The van der Waals surface area contributed by atoms with Gasteiger partial charge in [0.25, 0.3) is 0 Å². The molecule has 7 heteroatoms. The fourth-order valence-corrected chi connectivity index (χ4v) is 3.40. The Morgan fingerprint density at radius 1 is 0.963 bits per heavy atom. The number of pyridine rings is 1. The van der Waals surface area contributed by atoms with E-state index in [0.29, 0.717) is 5.56 Å². The summed E-state index contributed by atoms with van der Waals surface area (Å²) < 4.78 is 0. The molecule has 7 nitrogen and oxygen atoms in total. The average molecular weight is 360 g/mol. The van der Waals surface area contributed by atoms with Gasteiger partial charge in [-0.05, 0) is 29.8 Å². The van der Waals surface area contributed by atoms with Crippen molar-refractivity contribution in [1.29, 1.82) is 0 Å². The lowest BCUT2D eigenvalue weighted by atomic mass is 10.0. The largest absolute Gasteiger partial charge is 0.366 e. The van der Waals surface area contributed by atoms with Gasteiger partial charge >= 0.3 is 0 Å². The molecule has 3 heterocycles. The van der Waals surface area contributed by atoms with E-state index in [-0.39, 0.29) is 6.04 Å². The molecule has 1 aliphatic heterocycles. The number of nitrogens with two attached hydrogens (primary N) is 1. The first-order chi connectivity index (χ1) is 13.2. The predicted molar refractivity (Wildman–Crippen MR) is 104 cm³/mol. The number of aromatic nitrogens is 3. The minimum atomic E-state index is -0.425. The van der Waals surface area contributed by atoms with Gasteiger partial charge in [0, 0.05) is 43.8 Å². The summed E-state index contributed by atoms with van der Waals surface area (Å²) in [6.45, 7) is 2.38. The Balaban J connectivity index is 1.67. The minimum absolute atomic E-state index is 0.0550. The van der Waals surface area contributed by atoms with Gasteiger partial charge < -0.3 is 15.5 Å². The van der Waals surface area contributed by atoms with Crippen LogP contribution in [0.4, 0.5) is 11.6 Å². The molecule has 3 aromatic rings. The van der Waals surface area contributed by atoms with Crippen molar-refractivity contribution >= 4 is 17.5 Å². The monoisotopic (exact) mass is 360 g/mol. The highest BCUT2D eigenvalue weighted by atomic mass is 16.1. The molecule has 2 N–H and O–H groups in total. The van der Waals surface area contributed by atoms with Crippen LogP contribution < -0.4 is 15.5 Å². The highest BCUT2D eigenvalue weighted by molar-refractivity contribution is 5.92. The minimum Gasteiger partial charge on any atom is -0.366 e. The standard InChI is InChI=1S/C20H20N6O/c21-20(27)16-6-4-15(5-7-16)17-14-25(18-3-1-2-8-23-18)11-12-26(17)19-13-22-9-10-24-19/h1-10,13,17H,11-12,14H2,(H2,21,27). The fourth-order valence-electron chi connectivity index (χ4n) is 3.40. The van der Waals surface area contributed by atoms with E-state index < -0.39 is 5.91 Å². The van der Waals surface area contributed by atoms with Crippen molar-refractivity contribution in [3.8, 4) is 0 Å². The third kappa shape index (κ3) is 3.57. The Labute approximate surface area is 157 Å². The van der Waals surface area contributed by atoms with E-state index >= 15 is 0 Å². The predicted octanol–water partition coefficient (Wildman–Crippen LogP) is 2.04. The molecule has 1 saturated heterocycles. The molecule has 0 bridgehead atoms. The summed E-state index contributed by atoms with van der Waals surface area (Å²) >= 11 is 0. The van der Waals surface area contributed by atoms with Crippen LogP contribution in [0.1, 0.15) is 22.0 Å². The number of nitrogens with zero attached hydrogens (tertiary/aromatic N) is 5. The van der Waals surface area contributed by atoms with Gasteiger partial charge in [0.2, 0.25) is 5.91 Å². The molecule has 1 aliphatic rings. The zero-order valence-corrected chi connectivity index (χ0v) is 14.8. The van der Waals surface area contributed by atoms with Crippen molar-refractivity contribution in [3.63, 3.8) is 0 Å². The van der Waals surface area contributed by atoms with Crippen molar-refractivity contribution in [2.75, 3.05) is 29.4 Å². The number of primary amides is 1. The topological polar surface area (TPSA) is 88.2 Å². The molecule has 136 valence electrons. The number of amides is 1. The fraction of sp³-hybridized carbons (Fsp3) is 0.200. The molecular formula is C20H20N6O. The number of carbonyl (C=O) groups excluding carboxylic acids is 1. The van der Waals surface area contributed by atoms with Crippen LogP contribution in [0.5, 0.6) is 0 Å². The summed E-state index contributed by atoms with van der Waals surface area (Å²) in [5.41, 5.74) is 6.97. The summed E-state index contributed by atoms with van der Waals surface area (Å²) in [6.07, 6.45) is 6.96. The lowest BCUT2D eigenvalue weighted by Gasteiger charge is -2.42. The van der Waals surface area contributed by atoms with Crippen molar-refractivity contribution in [2.45, 2.75) is 6.04 Å². The molecule has 0 saturated carbocycles. The molecule has 1 amide bonds. The highest BCUT2D eigenvalue weighted by Crippen LogP contribution is 2.31. The Hall–Kier alpha value is -3.48. The van der Waals surface area contributed by atoms with Gasteiger partial charge in [-0.3, -0.25) is 9.78 Å². The van der Waals surface area contributed by atoms with Crippen LogP contribution >= 0.6 is 0 Å². The molecule has 0 radical (unpaired) electrons. The van der Waals surface area contributed by atoms with Crippen molar-refractivity contribution in [1.82, 2.24) is 15.0 Å². The van der Waals surface area contributed by atoms with Crippen LogP contribution in [0.3, 0.4) is 0 Å². The molecule has 2 aromatic heterocycles. The molecule has 1 fully saturated rings. The number of carbonyl (C=O) groups is 1. The lowest BCUT2D eigenvalue weighted by molar-refractivity contribution is 0.100. The smallest absolute Gasteiger partial charge is 0.248 e. The second kappa shape index (κ2) is 7.41. The van der Waals surface area contributed by atoms with Gasteiger partial charge in [0.1, 0.15) is 11.6 Å². The molecular weight excluding hydrogens is 340 g/mol. The van der Waals surface area contributed by atoms with Crippen LogP contribution in [0, 0.1) is 0 Å². The number of rotatable bonds is 4. The Morgan fingerprint density at radius 3 is 2.44 bits per heavy atom. The van der Waals surface area contributed by atoms with Crippen molar-refractivity contribution < 1.29 is 4.79 Å². The van der Waals surface area contributed by atoms with E-state index in [1.165, 1.54) is 0 Å². The first-order valence-corrected chi connectivity index (χ1v) is 8.81. The second-order valence-corrected chi connectivity index (χ2v) is 6.39. The van der Waals surface area contributed by atoms with E-state index in [0.717, 1.165) is 36.8 Å². The summed E-state index contributed by atoms with van der Waals surface area (Å²) in [4.78, 5) is 29.1. The summed E-state index contributed by atoms with van der Waals surface area (Å²) in [6, 6.07) is 13.4. The van der Waals surface area contributed by atoms with Gasteiger partial charge in [0.15, 0.2) is 0 Å². The average Bonchev–Trinajstić information content (AvgIpc) is 2.74. The highest BCUT2D eigenvalue weighted by Gasteiger charge is 2.30. The Kier molecular flexibility index (Phi) is 4.65. The third-order valence-electron chi connectivity index (χ3n) is 4.78. The van der Waals surface area contributed by atoms with E-state index in [1.807, 2.05) is 30.3 Å². The molecule has 4 rings (SSSR count). The maximum absolute atomic E-state index is 11.4. The number of anilines is 2. The molecule has 27 heavy (non-hydrogen) atoms.